The third kappa shape index (κ3) is 3.70. The molecule has 2 rings (SSSR count). The van der Waals surface area contributed by atoms with Gasteiger partial charge in [0.15, 0.2) is 0 Å². The van der Waals surface area contributed by atoms with Gasteiger partial charge in [-0.2, -0.15) is 0 Å². The predicted molar refractivity (Wildman–Crippen MR) is 85.3 cm³/mol. The van der Waals surface area contributed by atoms with Crippen LogP contribution in [0.5, 0.6) is 0 Å². The van der Waals surface area contributed by atoms with Crippen molar-refractivity contribution in [3.63, 3.8) is 0 Å². The highest BCUT2D eigenvalue weighted by atomic mass is 15.2. The van der Waals surface area contributed by atoms with Gasteiger partial charge >= 0.3 is 0 Å². The maximum Gasteiger partial charge on any atom is 0.128 e. The molecule has 0 aliphatic carbocycles. The lowest BCUT2D eigenvalue weighted by molar-refractivity contribution is 0.249. The van der Waals surface area contributed by atoms with E-state index in [2.05, 4.69) is 60.2 Å². The fraction of sp³-hybridized carbons (Fsp3) is 0.688. The van der Waals surface area contributed by atoms with Crippen molar-refractivity contribution in [2.75, 3.05) is 38.6 Å². The second-order valence-corrected chi connectivity index (χ2v) is 5.91. The Morgan fingerprint density at radius 1 is 1.35 bits per heavy atom. The minimum absolute atomic E-state index is 0.376. The van der Waals surface area contributed by atoms with Gasteiger partial charge in [-0.05, 0) is 52.0 Å². The standard InChI is InChI=1S/C16H28N4/c1-5-17-13(2)14-6-7-16(18-12-14)20-10-8-15(9-11-20)19(3)4/h6-7,12-13,15,17H,5,8-11H2,1-4H3. The lowest BCUT2D eigenvalue weighted by Crippen LogP contribution is -2.42. The Labute approximate surface area is 123 Å². The molecule has 1 aliphatic heterocycles. The van der Waals surface area contributed by atoms with Crippen LogP contribution in [-0.4, -0.2) is 49.7 Å². The molecule has 0 saturated carbocycles. The normalized spacial score (nSPS) is 18.6. The van der Waals surface area contributed by atoms with Gasteiger partial charge in [0.2, 0.25) is 0 Å². The van der Waals surface area contributed by atoms with E-state index in [-0.39, 0.29) is 0 Å². The summed E-state index contributed by atoms with van der Waals surface area (Å²) < 4.78 is 0. The van der Waals surface area contributed by atoms with Crippen LogP contribution in [0.1, 0.15) is 38.3 Å². The van der Waals surface area contributed by atoms with Crippen molar-refractivity contribution in [2.45, 2.75) is 38.8 Å². The fourth-order valence-corrected chi connectivity index (χ4v) is 2.88. The summed E-state index contributed by atoms with van der Waals surface area (Å²) in [4.78, 5) is 9.39. The highest BCUT2D eigenvalue weighted by Gasteiger charge is 2.21. The molecule has 0 amide bonds. The first kappa shape index (κ1) is 15.3. The van der Waals surface area contributed by atoms with E-state index in [1.807, 2.05) is 6.20 Å². The molecule has 2 heterocycles. The molecular weight excluding hydrogens is 248 g/mol. The first-order valence-electron chi connectivity index (χ1n) is 7.72. The van der Waals surface area contributed by atoms with Crippen LogP contribution in [0.3, 0.4) is 0 Å². The molecule has 0 spiro atoms. The van der Waals surface area contributed by atoms with Crippen LogP contribution in [0.25, 0.3) is 0 Å². The second-order valence-electron chi connectivity index (χ2n) is 5.91. The Balaban J connectivity index is 1.94. The lowest BCUT2D eigenvalue weighted by Gasteiger charge is -2.35. The minimum atomic E-state index is 0.376. The molecule has 1 unspecified atom stereocenters. The molecule has 112 valence electrons. The molecule has 1 fully saturated rings. The minimum Gasteiger partial charge on any atom is -0.357 e. The zero-order valence-corrected chi connectivity index (χ0v) is 13.3. The predicted octanol–water partition coefficient (Wildman–Crippen LogP) is 2.28. The van der Waals surface area contributed by atoms with Crippen LogP contribution in [0.2, 0.25) is 0 Å². The summed E-state index contributed by atoms with van der Waals surface area (Å²) in [6.45, 7) is 7.52. The molecule has 0 bridgehead atoms. The summed E-state index contributed by atoms with van der Waals surface area (Å²) in [5.41, 5.74) is 1.26. The number of nitrogens with zero attached hydrogens (tertiary/aromatic N) is 3. The molecular formula is C16H28N4. The highest BCUT2D eigenvalue weighted by Crippen LogP contribution is 2.21. The van der Waals surface area contributed by atoms with E-state index >= 15 is 0 Å². The van der Waals surface area contributed by atoms with Gasteiger partial charge in [-0.3, -0.25) is 0 Å². The van der Waals surface area contributed by atoms with E-state index in [1.54, 1.807) is 0 Å². The SMILES string of the molecule is CCNC(C)c1ccc(N2CCC(N(C)C)CC2)nc1. The summed E-state index contributed by atoms with van der Waals surface area (Å²) in [7, 11) is 4.35. The first-order chi connectivity index (χ1) is 9.61. The molecule has 4 heteroatoms. The largest absolute Gasteiger partial charge is 0.357 e. The Hall–Kier alpha value is -1.13. The Bertz CT molecular complexity index is 393. The van der Waals surface area contributed by atoms with E-state index in [4.69, 9.17) is 0 Å². The van der Waals surface area contributed by atoms with E-state index < -0.39 is 0 Å². The number of pyridine rings is 1. The van der Waals surface area contributed by atoms with Gasteiger partial charge in [0, 0.05) is 31.4 Å². The zero-order chi connectivity index (χ0) is 14.5. The average Bonchev–Trinajstić information content (AvgIpc) is 2.48. The summed E-state index contributed by atoms with van der Waals surface area (Å²) >= 11 is 0. The third-order valence-electron chi connectivity index (χ3n) is 4.30. The smallest absolute Gasteiger partial charge is 0.128 e. The molecule has 1 aromatic heterocycles. The van der Waals surface area contributed by atoms with Gasteiger partial charge < -0.3 is 15.1 Å². The molecule has 4 nitrogen and oxygen atoms in total. The van der Waals surface area contributed by atoms with Gasteiger partial charge in [-0.25, -0.2) is 4.98 Å². The topological polar surface area (TPSA) is 31.4 Å². The highest BCUT2D eigenvalue weighted by molar-refractivity contribution is 5.40. The Kier molecular flexibility index (Phi) is 5.38. The number of anilines is 1. The summed E-state index contributed by atoms with van der Waals surface area (Å²) in [6, 6.07) is 5.47. The van der Waals surface area contributed by atoms with E-state index in [1.165, 1.54) is 18.4 Å². The molecule has 0 aromatic carbocycles. The fourth-order valence-electron chi connectivity index (χ4n) is 2.88. The van der Waals surface area contributed by atoms with Crippen LogP contribution in [-0.2, 0) is 0 Å². The van der Waals surface area contributed by atoms with Gasteiger partial charge in [-0.15, -0.1) is 0 Å². The van der Waals surface area contributed by atoms with Crippen molar-refractivity contribution < 1.29 is 0 Å². The molecule has 1 saturated heterocycles. The number of hydrogen-bond acceptors (Lipinski definition) is 4. The lowest BCUT2D eigenvalue weighted by atomic mass is 10.0. The number of rotatable bonds is 5. The van der Waals surface area contributed by atoms with Crippen LogP contribution in [0, 0.1) is 0 Å². The Morgan fingerprint density at radius 3 is 2.55 bits per heavy atom. The Morgan fingerprint density at radius 2 is 2.05 bits per heavy atom. The molecule has 1 atom stereocenters. The maximum atomic E-state index is 4.65. The number of piperidine rings is 1. The van der Waals surface area contributed by atoms with Crippen LogP contribution in [0.4, 0.5) is 5.82 Å². The third-order valence-corrected chi connectivity index (χ3v) is 4.30. The molecule has 1 aromatic rings. The van der Waals surface area contributed by atoms with E-state index in [9.17, 15) is 0 Å². The molecule has 1 N–H and O–H groups in total. The van der Waals surface area contributed by atoms with Gasteiger partial charge in [0.1, 0.15) is 5.82 Å². The van der Waals surface area contributed by atoms with Crippen molar-refractivity contribution in [3.8, 4) is 0 Å². The van der Waals surface area contributed by atoms with Crippen molar-refractivity contribution in [3.05, 3.63) is 23.9 Å². The first-order valence-corrected chi connectivity index (χ1v) is 7.72. The number of hydrogen-bond donors (Lipinski definition) is 1. The van der Waals surface area contributed by atoms with E-state index in [0.717, 1.165) is 31.5 Å². The van der Waals surface area contributed by atoms with Crippen molar-refractivity contribution >= 4 is 5.82 Å². The van der Waals surface area contributed by atoms with E-state index in [0.29, 0.717) is 6.04 Å². The van der Waals surface area contributed by atoms with Crippen molar-refractivity contribution in [2.24, 2.45) is 0 Å². The van der Waals surface area contributed by atoms with Crippen molar-refractivity contribution in [1.82, 2.24) is 15.2 Å². The number of aromatic nitrogens is 1. The molecule has 0 radical (unpaired) electrons. The van der Waals surface area contributed by atoms with Crippen LogP contribution in [0.15, 0.2) is 18.3 Å². The van der Waals surface area contributed by atoms with Crippen LogP contribution >= 0.6 is 0 Å². The maximum absolute atomic E-state index is 4.65. The van der Waals surface area contributed by atoms with Crippen LogP contribution < -0.4 is 10.2 Å². The number of nitrogens with one attached hydrogen (secondary N) is 1. The monoisotopic (exact) mass is 276 g/mol. The molecule has 1 aliphatic rings. The summed E-state index contributed by atoms with van der Waals surface area (Å²) in [5.74, 6) is 1.12. The van der Waals surface area contributed by atoms with Gasteiger partial charge in [-0.1, -0.05) is 13.0 Å². The average molecular weight is 276 g/mol. The zero-order valence-electron chi connectivity index (χ0n) is 13.3. The van der Waals surface area contributed by atoms with Gasteiger partial charge in [0.05, 0.1) is 0 Å². The van der Waals surface area contributed by atoms with Gasteiger partial charge in [0.25, 0.3) is 0 Å². The summed E-state index contributed by atoms with van der Waals surface area (Å²) in [5, 5.41) is 3.42. The van der Waals surface area contributed by atoms with Crippen molar-refractivity contribution in [1.29, 1.82) is 0 Å². The summed E-state index contributed by atoms with van der Waals surface area (Å²) in [6.07, 6.45) is 4.47. The quantitative estimate of drug-likeness (QED) is 0.894. The second kappa shape index (κ2) is 7.04. The molecule has 20 heavy (non-hydrogen) atoms.